The zero-order valence-corrected chi connectivity index (χ0v) is 25.3. The van der Waals surface area contributed by atoms with Crippen LogP contribution in [0.4, 0.5) is 0 Å². The summed E-state index contributed by atoms with van der Waals surface area (Å²) in [5, 5.41) is 0. The Bertz CT molecular complexity index is 811. The fourth-order valence-electron chi connectivity index (χ4n) is 9.28. The lowest BCUT2D eigenvalue weighted by atomic mass is 9.71. The van der Waals surface area contributed by atoms with Crippen molar-refractivity contribution in [2.45, 2.75) is 152 Å². The summed E-state index contributed by atoms with van der Waals surface area (Å²) in [5.74, 6) is 2.30. The number of fused-ring (bicyclic) bond motifs is 6. The Balaban J connectivity index is 0.931. The molecule has 6 fully saturated rings. The van der Waals surface area contributed by atoms with Gasteiger partial charge in [-0.15, -0.1) is 0 Å². The van der Waals surface area contributed by atoms with E-state index in [9.17, 15) is 9.13 Å². The van der Waals surface area contributed by atoms with Crippen LogP contribution in [0.5, 0.6) is 0 Å². The zero-order chi connectivity index (χ0) is 26.0. The third-order valence-corrected chi connectivity index (χ3v) is 16.2. The Labute approximate surface area is 231 Å². The minimum Gasteiger partial charge on any atom is -0.308 e. The minimum atomic E-state index is -3.03. The maximum atomic E-state index is 13.9. The lowest BCUT2D eigenvalue weighted by Gasteiger charge is -2.50. The van der Waals surface area contributed by atoms with Gasteiger partial charge in [-0.05, 0) is 87.9 Å². The molecule has 0 bridgehead atoms. The Morgan fingerprint density at radius 3 is 1.29 bits per heavy atom. The van der Waals surface area contributed by atoms with Crippen LogP contribution in [0.25, 0.3) is 0 Å². The van der Waals surface area contributed by atoms with Gasteiger partial charge in [0.15, 0.2) is 0 Å². The van der Waals surface area contributed by atoms with Crippen LogP contribution in [0.1, 0.15) is 128 Å². The third-order valence-electron chi connectivity index (χ3n) is 11.1. The quantitative estimate of drug-likeness (QED) is 0.203. The van der Waals surface area contributed by atoms with Crippen molar-refractivity contribution in [3.63, 3.8) is 0 Å². The second kappa shape index (κ2) is 12.7. The minimum absolute atomic E-state index is 0.129. The molecule has 218 valence electrons. The summed E-state index contributed by atoms with van der Waals surface area (Å²) in [6.45, 7) is 1.04. The van der Waals surface area contributed by atoms with E-state index < -0.39 is 15.2 Å². The number of hydrogen-bond donors (Lipinski definition) is 0. The summed E-state index contributed by atoms with van der Waals surface area (Å²) in [7, 11) is -6.06. The Hall–Kier alpha value is 0.300. The molecule has 2 aliphatic heterocycles. The lowest BCUT2D eigenvalue weighted by Crippen LogP contribution is -2.45. The monoisotopic (exact) mass is 570 g/mol. The van der Waals surface area contributed by atoms with Gasteiger partial charge >= 0.3 is 15.2 Å². The summed E-state index contributed by atoms with van der Waals surface area (Å²) in [4.78, 5) is 0. The van der Waals surface area contributed by atoms with E-state index in [1.54, 1.807) is 0 Å². The van der Waals surface area contributed by atoms with Gasteiger partial charge in [-0.3, -0.25) is 9.13 Å². The van der Waals surface area contributed by atoms with E-state index in [1.807, 2.05) is 0 Å². The van der Waals surface area contributed by atoms with E-state index in [1.165, 1.54) is 64.2 Å². The highest BCUT2D eigenvalue weighted by Gasteiger charge is 2.55. The molecule has 0 aromatic heterocycles. The predicted molar refractivity (Wildman–Crippen MR) is 151 cm³/mol. The fraction of sp³-hybridized carbons (Fsp3) is 1.00. The molecule has 0 amide bonds. The van der Waals surface area contributed by atoms with Crippen molar-refractivity contribution in [2.24, 2.45) is 23.7 Å². The lowest BCUT2D eigenvalue weighted by molar-refractivity contribution is -0.00578. The largest absolute Gasteiger partial charge is 0.334 e. The number of rotatable bonds is 9. The Kier molecular flexibility index (Phi) is 9.47. The first-order valence-electron chi connectivity index (χ1n) is 16.4. The first-order valence-corrected chi connectivity index (χ1v) is 19.7. The molecular weight excluding hydrogens is 518 g/mol. The van der Waals surface area contributed by atoms with Gasteiger partial charge in [-0.1, -0.05) is 64.2 Å². The van der Waals surface area contributed by atoms with Crippen molar-refractivity contribution in [1.82, 2.24) is 0 Å². The molecule has 8 heteroatoms. The molecule has 0 spiro atoms. The average Bonchev–Trinajstić information content (AvgIpc) is 2.95. The van der Waals surface area contributed by atoms with E-state index in [4.69, 9.17) is 18.1 Å². The van der Waals surface area contributed by atoms with Gasteiger partial charge in [-0.25, -0.2) is 0 Å². The smallest absolute Gasteiger partial charge is 0.308 e. The van der Waals surface area contributed by atoms with Gasteiger partial charge in [0.1, 0.15) is 0 Å². The van der Waals surface area contributed by atoms with Crippen molar-refractivity contribution in [2.75, 3.05) is 13.2 Å². The van der Waals surface area contributed by atoms with Crippen molar-refractivity contribution in [3.8, 4) is 0 Å². The highest BCUT2D eigenvalue weighted by Crippen LogP contribution is 2.68. The van der Waals surface area contributed by atoms with E-state index >= 15 is 0 Å². The molecule has 6 rings (SSSR count). The zero-order valence-electron chi connectivity index (χ0n) is 23.5. The van der Waals surface area contributed by atoms with Crippen LogP contribution in [0.15, 0.2) is 0 Å². The molecule has 10 atom stereocenters. The van der Waals surface area contributed by atoms with E-state index in [-0.39, 0.29) is 23.5 Å². The first-order chi connectivity index (χ1) is 18.6. The summed E-state index contributed by atoms with van der Waals surface area (Å²) in [6.07, 6.45) is 23.0. The van der Waals surface area contributed by atoms with E-state index in [0.29, 0.717) is 36.9 Å². The van der Waals surface area contributed by atoms with Gasteiger partial charge < -0.3 is 18.1 Å². The van der Waals surface area contributed by atoms with Crippen molar-refractivity contribution < 1.29 is 27.2 Å². The molecular formula is C30H52O6P2. The van der Waals surface area contributed by atoms with Crippen LogP contribution in [-0.4, -0.2) is 36.7 Å². The van der Waals surface area contributed by atoms with Gasteiger partial charge in [0.25, 0.3) is 0 Å². The van der Waals surface area contributed by atoms with Crippen LogP contribution in [0.3, 0.4) is 0 Å². The van der Waals surface area contributed by atoms with Crippen LogP contribution in [-0.2, 0) is 27.2 Å². The molecule has 10 unspecified atom stereocenters. The molecule has 0 radical (unpaired) electrons. The van der Waals surface area contributed by atoms with Gasteiger partial charge in [0.05, 0.1) is 36.7 Å². The fourth-order valence-corrected chi connectivity index (χ4v) is 14.8. The molecule has 2 saturated heterocycles. The highest BCUT2D eigenvalue weighted by molar-refractivity contribution is 7.55. The average molecular weight is 571 g/mol. The van der Waals surface area contributed by atoms with Crippen LogP contribution in [0.2, 0.25) is 0 Å². The molecule has 4 aliphatic carbocycles. The molecule has 0 aromatic rings. The molecule has 6 aliphatic rings. The highest BCUT2D eigenvalue weighted by atomic mass is 31.2. The maximum Gasteiger partial charge on any atom is 0.334 e. The SMILES string of the molecule is O=P1(OCCCCCCOP2(=O)OC3CCCCC3C3CCCCC32)OC2CCCCC2C2CCCCC21. The third kappa shape index (κ3) is 5.94. The first kappa shape index (κ1) is 28.4. The van der Waals surface area contributed by atoms with Crippen LogP contribution < -0.4 is 0 Å². The normalized spacial score (nSPS) is 46.8. The Morgan fingerprint density at radius 1 is 0.474 bits per heavy atom. The summed E-state index contributed by atoms with van der Waals surface area (Å²) < 4.78 is 52.8. The molecule has 2 heterocycles. The standard InChI is InChI=1S/C30H52O6P2/c31-37(29-19-9-5-15-25(29)23-13-3-7-17-27(23)35-37)33-21-11-1-2-12-22-34-38(32)30-20-10-6-16-26(30)24-14-4-8-18-28(24)36-38/h23-30H,1-22H2. The van der Waals surface area contributed by atoms with E-state index in [0.717, 1.165) is 64.2 Å². The second-order valence-corrected chi connectivity index (χ2v) is 17.8. The van der Waals surface area contributed by atoms with Gasteiger partial charge in [0, 0.05) is 0 Å². The van der Waals surface area contributed by atoms with Crippen molar-refractivity contribution >= 4 is 15.2 Å². The van der Waals surface area contributed by atoms with Crippen molar-refractivity contribution in [3.05, 3.63) is 0 Å². The second-order valence-electron chi connectivity index (χ2n) is 13.4. The Morgan fingerprint density at radius 2 is 0.842 bits per heavy atom. The molecule has 0 N–H and O–H groups in total. The van der Waals surface area contributed by atoms with Gasteiger partial charge in [0.2, 0.25) is 0 Å². The summed E-state index contributed by atoms with van der Waals surface area (Å²) >= 11 is 0. The molecule has 6 nitrogen and oxygen atoms in total. The maximum absolute atomic E-state index is 13.9. The van der Waals surface area contributed by atoms with Crippen LogP contribution >= 0.6 is 15.2 Å². The van der Waals surface area contributed by atoms with Crippen LogP contribution in [0, 0.1) is 23.7 Å². The van der Waals surface area contributed by atoms with E-state index in [2.05, 4.69) is 0 Å². The topological polar surface area (TPSA) is 71.1 Å². The molecule has 38 heavy (non-hydrogen) atoms. The number of hydrogen-bond acceptors (Lipinski definition) is 6. The molecule has 4 saturated carbocycles. The molecule has 0 aromatic carbocycles. The summed E-state index contributed by atoms with van der Waals surface area (Å²) in [6, 6.07) is 0. The number of unbranched alkanes of at least 4 members (excludes halogenated alkanes) is 3. The van der Waals surface area contributed by atoms with Gasteiger partial charge in [-0.2, -0.15) is 0 Å². The van der Waals surface area contributed by atoms with Crippen molar-refractivity contribution in [1.29, 1.82) is 0 Å². The predicted octanol–water partition coefficient (Wildman–Crippen LogP) is 9.26. The summed E-state index contributed by atoms with van der Waals surface area (Å²) in [5.41, 5.74) is 0.258.